The van der Waals surface area contributed by atoms with Crippen LogP contribution in [0.15, 0.2) is 66.7 Å². The first-order valence-electron chi connectivity index (χ1n) is 10.4. The van der Waals surface area contributed by atoms with Gasteiger partial charge in [-0.05, 0) is 43.7 Å². The van der Waals surface area contributed by atoms with Crippen LogP contribution in [0.4, 0.5) is 11.4 Å². The molecule has 0 saturated carbocycles. The minimum Gasteiger partial charge on any atom is -0.306 e. The summed E-state index contributed by atoms with van der Waals surface area (Å²) < 4.78 is 0. The van der Waals surface area contributed by atoms with Crippen molar-refractivity contribution in [3.8, 4) is 0 Å². The number of imide groups is 1. The Hall–Kier alpha value is -4.33. The third kappa shape index (κ3) is 3.98. The molecule has 0 unspecified atom stereocenters. The maximum atomic E-state index is 13.5. The van der Waals surface area contributed by atoms with E-state index in [1.165, 1.54) is 23.1 Å². The van der Waals surface area contributed by atoms with E-state index in [9.17, 15) is 24.5 Å². The molecule has 0 N–H and O–H groups in total. The van der Waals surface area contributed by atoms with E-state index in [-0.39, 0.29) is 24.3 Å². The van der Waals surface area contributed by atoms with Crippen LogP contribution in [0.25, 0.3) is 0 Å². The van der Waals surface area contributed by atoms with Crippen molar-refractivity contribution in [1.29, 1.82) is 0 Å². The fourth-order valence-corrected chi connectivity index (χ4v) is 4.04. The van der Waals surface area contributed by atoms with Crippen LogP contribution in [0.5, 0.6) is 0 Å². The Labute approximate surface area is 190 Å². The van der Waals surface area contributed by atoms with Crippen molar-refractivity contribution < 1.29 is 19.3 Å². The second kappa shape index (κ2) is 8.66. The molecular weight excluding hydrogens is 422 g/mol. The van der Waals surface area contributed by atoms with Crippen molar-refractivity contribution in [2.24, 2.45) is 0 Å². The Morgan fingerprint density at radius 3 is 2.15 bits per heavy atom. The van der Waals surface area contributed by atoms with Gasteiger partial charge in [-0.1, -0.05) is 42.0 Å². The van der Waals surface area contributed by atoms with Crippen LogP contribution in [-0.4, -0.2) is 40.6 Å². The van der Waals surface area contributed by atoms with Gasteiger partial charge in [-0.3, -0.25) is 29.4 Å². The first kappa shape index (κ1) is 21.9. The Kier molecular flexibility index (Phi) is 5.74. The van der Waals surface area contributed by atoms with Gasteiger partial charge in [0.25, 0.3) is 23.4 Å². The lowest BCUT2D eigenvalue weighted by atomic mass is 10.1. The molecule has 0 radical (unpaired) electrons. The summed E-state index contributed by atoms with van der Waals surface area (Å²) >= 11 is 0. The van der Waals surface area contributed by atoms with E-state index in [0.717, 1.165) is 16.0 Å². The lowest BCUT2D eigenvalue weighted by molar-refractivity contribution is -0.385. The van der Waals surface area contributed by atoms with Crippen LogP contribution in [0.3, 0.4) is 0 Å². The van der Waals surface area contributed by atoms with E-state index in [1.807, 2.05) is 26.0 Å². The molecule has 166 valence electrons. The molecule has 1 aliphatic rings. The molecule has 0 spiro atoms. The average Bonchev–Trinajstić information content (AvgIpc) is 3.05. The van der Waals surface area contributed by atoms with Gasteiger partial charge in [-0.25, -0.2) is 0 Å². The SMILES string of the molecule is Cc1ccc(N(CCN2C(=O)c3ccccc3C2=O)C(=O)c2ccccc2[N+](=O)[O-])c(C)c1. The van der Waals surface area contributed by atoms with E-state index in [2.05, 4.69) is 0 Å². The van der Waals surface area contributed by atoms with Crippen molar-refractivity contribution in [3.63, 3.8) is 0 Å². The monoisotopic (exact) mass is 443 g/mol. The number of nitro groups is 1. The zero-order valence-electron chi connectivity index (χ0n) is 18.1. The number of carbonyl (C=O) groups is 3. The standard InChI is InChI=1S/C25H21N3O5/c1-16-11-12-21(17(2)15-16)26(25(31)20-9-5-6-10-22(20)28(32)33)13-14-27-23(29)18-7-3-4-8-19(18)24(27)30/h3-12,15H,13-14H2,1-2H3. The van der Waals surface area contributed by atoms with Crippen molar-refractivity contribution in [2.75, 3.05) is 18.0 Å². The van der Waals surface area contributed by atoms with E-state index in [1.54, 1.807) is 36.4 Å². The fraction of sp³-hybridized carbons (Fsp3) is 0.160. The minimum absolute atomic E-state index is 0.0136. The largest absolute Gasteiger partial charge is 0.306 e. The van der Waals surface area contributed by atoms with Crippen LogP contribution in [0, 0.1) is 24.0 Å². The number of nitro benzene ring substituents is 1. The molecule has 3 aromatic rings. The first-order valence-corrected chi connectivity index (χ1v) is 10.4. The summed E-state index contributed by atoms with van der Waals surface area (Å²) in [4.78, 5) is 52.5. The predicted molar refractivity (Wildman–Crippen MR) is 122 cm³/mol. The topological polar surface area (TPSA) is 101 Å². The van der Waals surface area contributed by atoms with Gasteiger partial charge in [-0.15, -0.1) is 0 Å². The molecule has 0 saturated heterocycles. The number of anilines is 1. The zero-order valence-corrected chi connectivity index (χ0v) is 18.1. The van der Waals surface area contributed by atoms with Crippen LogP contribution in [0.1, 0.15) is 42.2 Å². The molecule has 4 rings (SSSR count). The summed E-state index contributed by atoms with van der Waals surface area (Å²) in [6.07, 6.45) is 0. The third-order valence-electron chi connectivity index (χ3n) is 5.64. The number of carbonyl (C=O) groups excluding carboxylic acids is 3. The molecule has 1 aliphatic heterocycles. The Bertz CT molecular complexity index is 1270. The molecular formula is C25H21N3O5. The van der Waals surface area contributed by atoms with Gasteiger partial charge in [0.15, 0.2) is 0 Å². The van der Waals surface area contributed by atoms with Crippen LogP contribution in [-0.2, 0) is 0 Å². The Balaban J connectivity index is 1.69. The minimum atomic E-state index is -0.600. The summed E-state index contributed by atoms with van der Waals surface area (Å²) in [6.45, 7) is 3.69. The molecule has 8 heteroatoms. The van der Waals surface area contributed by atoms with Gasteiger partial charge < -0.3 is 4.90 Å². The highest BCUT2D eigenvalue weighted by Crippen LogP contribution is 2.28. The predicted octanol–water partition coefficient (Wildman–Crippen LogP) is 4.15. The van der Waals surface area contributed by atoms with Gasteiger partial charge in [0.2, 0.25) is 0 Å². The number of rotatable bonds is 6. The third-order valence-corrected chi connectivity index (χ3v) is 5.64. The van der Waals surface area contributed by atoms with Gasteiger partial charge in [0, 0.05) is 24.8 Å². The number of amides is 3. The van der Waals surface area contributed by atoms with E-state index in [0.29, 0.717) is 16.8 Å². The molecule has 3 amide bonds. The second-order valence-electron chi connectivity index (χ2n) is 7.83. The number of aryl methyl sites for hydroxylation is 2. The van der Waals surface area contributed by atoms with Crippen molar-refractivity contribution >= 4 is 29.1 Å². The van der Waals surface area contributed by atoms with Crippen molar-refractivity contribution in [1.82, 2.24) is 4.90 Å². The molecule has 3 aromatic carbocycles. The smallest absolute Gasteiger partial charge is 0.282 e. The van der Waals surface area contributed by atoms with Crippen LogP contribution < -0.4 is 4.90 Å². The second-order valence-corrected chi connectivity index (χ2v) is 7.83. The Morgan fingerprint density at radius 2 is 1.55 bits per heavy atom. The first-order chi connectivity index (χ1) is 15.8. The summed E-state index contributed by atoms with van der Waals surface area (Å²) in [5.74, 6) is -1.42. The molecule has 33 heavy (non-hydrogen) atoms. The molecule has 0 aliphatic carbocycles. The summed E-state index contributed by atoms with van der Waals surface area (Å²) in [7, 11) is 0. The summed E-state index contributed by atoms with van der Waals surface area (Å²) in [6, 6.07) is 17.8. The average molecular weight is 443 g/mol. The maximum absolute atomic E-state index is 13.5. The van der Waals surface area contributed by atoms with Gasteiger partial charge in [0.05, 0.1) is 16.1 Å². The normalized spacial score (nSPS) is 12.6. The van der Waals surface area contributed by atoms with Gasteiger partial charge in [-0.2, -0.15) is 0 Å². The van der Waals surface area contributed by atoms with E-state index in [4.69, 9.17) is 0 Å². The van der Waals surface area contributed by atoms with Gasteiger partial charge in [0.1, 0.15) is 5.56 Å². The molecule has 0 bridgehead atoms. The quantitative estimate of drug-likeness (QED) is 0.324. The van der Waals surface area contributed by atoms with E-state index >= 15 is 0 Å². The van der Waals surface area contributed by atoms with Crippen molar-refractivity contribution in [2.45, 2.75) is 13.8 Å². The van der Waals surface area contributed by atoms with Gasteiger partial charge >= 0.3 is 0 Å². The highest BCUT2D eigenvalue weighted by atomic mass is 16.6. The molecule has 0 aromatic heterocycles. The molecule has 8 nitrogen and oxygen atoms in total. The van der Waals surface area contributed by atoms with Crippen molar-refractivity contribution in [3.05, 3.63) is 105 Å². The number of fused-ring (bicyclic) bond motifs is 1. The fourth-order valence-electron chi connectivity index (χ4n) is 4.04. The highest BCUT2D eigenvalue weighted by Gasteiger charge is 2.36. The number of para-hydroxylation sites is 1. The molecule has 0 atom stereocenters. The zero-order chi connectivity index (χ0) is 23.7. The summed E-state index contributed by atoms with van der Waals surface area (Å²) in [5, 5.41) is 11.5. The lowest BCUT2D eigenvalue weighted by Crippen LogP contribution is -2.41. The number of benzene rings is 3. The van der Waals surface area contributed by atoms with Crippen LogP contribution >= 0.6 is 0 Å². The number of hydrogen-bond donors (Lipinski definition) is 0. The van der Waals surface area contributed by atoms with Crippen LogP contribution in [0.2, 0.25) is 0 Å². The van der Waals surface area contributed by atoms with E-state index < -0.39 is 22.6 Å². The molecule has 1 heterocycles. The highest BCUT2D eigenvalue weighted by molar-refractivity contribution is 6.21. The lowest BCUT2D eigenvalue weighted by Gasteiger charge is -2.27. The number of hydrogen-bond acceptors (Lipinski definition) is 5. The molecule has 0 fully saturated rings. The summed E-state index contributed by atoms with van der Waals surface area (Å²) in [5.41, 5.74) is 2.62. The number of nitrogens with zero attached hydrogens (tertiary/aromatic N) is 3. The maximum Gasteiger partial charge on any atom is 0.282 e. The Morgan fingerprint density at radius 1 is 0.939 bits per heavy atom.